The van der Waals surface area contributed by atoms with Crippen LogP contribution in [0.3, 0.4) is 0 Å². The lowest BCUT2D eigenvalue weighted by molar-refractivity contribution is 0.0951. The Kier molecular flexibility index (Phi) is 4.96. The number of nitrogens with zero attached hydrogens (tertiary/aromatic N) is 4. The molecule has 1 aromatic carbocycles. The Morgan fingerprint density at radius 2 is 1.89 bits per heavy atom. The van der Waals surface area contributed by atoms with Crippen molar-refractivity contribution in [2.75, 3.05) is 42.1 Å². The smallest absolute Gasteiger partial charge is 0.321 e. The summed E-state index contributed by atoms with van der Waals surface area (Å²) in [6, 6.07) is 8.94. The minimum atomic E-state index is -0.179. The summed E-state index contributed by atoms with van der Waals surface area (Å²) in [5, 5.41) is 5.83. The quantitative estimate of drug-likeness (QED) is 0.735. The van der Waals surface area contributed by atoms with Crippen molar-refractivity contribution in [2.45, 2.75) is 18.9 Å². The highest BCUT2D eigenvalue weighted by Crippen LogP contribution is 2.20. The van der Waals surface area contributed by atoms with E-state index in [1.54, 1.807) is 35.4 Å². The minimum absolute atomic E-state index is 0.101. The maximum Gasteiger partial charge on any atom is 0.321 e. The number of benzene rings is 1. The molecule has 0 radical (unpaired) electrons. The van der Waals surface area contributed by atoms with E-state index in [9.17, 15) is 9.59 Å². The van der Waals surface area contributed by atoms with Crippen molar-refractivity contribution < 1.29 is 9.59 Å². The molecule has 9 heteroatoms. The Balaban J connectivity index is 1.32. The number of nitrogens with two attached hydrogens (primary N) is 1. The number of piperazine rings is 1. The van der Waals surface area contributed by atoms with Gasteiger partial charge in [0.25, 0.3) is 5.91 Å². The molecular formula is C19H23N7O2. The Hall–Kier alpha value is -3.36. The van der Waals surface area contributed by atoms with Crippen LogP contribution in [0.5, 0.6) is 0 Å². The molecule has 1 saturated heterocycles. The van der Waals surface area contributed by atoms with Gasteiger partial charge in [0, 0.05) is 49.7 Å². The van der Waals surface area contributed by atoms with E-state index in [1.165, 1.54) is 0 Å². The Labute approximate surface area is 162 Å². The van der Waals surface area contributed by atoms with Gasteiger partial charge in [-0.05, 0) is 37.1 Å². The van der Waals surface area contributed by atoms with Crippen LogP contribution in [0.2, 0.25) is 0 Å². The zero-order valence-corrected chi connectivity index (χ0v) is 15.5. The second-order valence-electron chi connectivity index (χ2n) is 7.01. The van der Waals surface area contributed by atoms with Crippen molar-refractivity contribution >= 4 is 29.4 Å². The van der Waals surface area contributed by atoms with Crippen LogP contribution in [0, 0.1) is 0 Å². The predicted molar refractivity (Wildman–Crippen MR) is 106 cm³/mol. The van der Waals surface area contributed by atoms with Gasteiger partial charge in [-0.3, -0.25) is 4.79 Å². The molecule has 28 heavy (non-hydrogen) atoms. The van der Waals surface area contributed by atoms with Crippen molar-refractivity contribution in [3.63, 3.8) is 0 Å². The summed E-state index contributed by atoms with van der Waals surface area (Å²) in [7, 11) is 0. The zero-order valence-electron chi connectivity index (χ0n) is 15.5. The molecule has 1 aliphatic carbocycles. The van der Waals surface area contributed by atoms with Crippen LogP contribution < -0.4 is 21.3 Å². The first-order valence-electron chi connectivity index (χ1n) is 9.39. The number of nitrogen functional groups attached to an aromatic ring is 1. The lowest BCUT2D eigenvalue weighted by atomic mass is 10.2. The molecule has 2 fully saturated rings. The molecule has 9 nitrogen and oxygen atoms in total. The molecule has 2 heterocycles. The Bertz CT molecular complexity index is 876. The first-order chi connectivity index (χ1) is 13.6. The van der Waals surface area contributed by atoms with E-state index in [-0.39, 0.29) is 17.9 Å². The summed E-state index contributed by atoms with van der Waals surface area (Å²) >= 11 is 0. The van der Waals surface area contributed by atoms with Gasteiger partial charge in [-0.1, -0.05) is 6.07 Å². The number of rotatable bonds is 4. The normalized spacial score (nSPS) is 16.6. The van der Waals surface area contributed by atoms with Crippen molar-refractivity contribution in [3.05, 3.63) is 42.1 Å². The van der Waals surface area contributed by atoms with Crippen LogP contribution in [-0.2, 0) is 0 Å². The molecule has 2 aliphatic rings. The molecule has 1 saturated carbocycles. The van der Waals surface area contributed by atoms with Crippen LogP contribution in [-0.4, -0.2) is 59.0 Å². The van der Waals surface area contributed by atoms with Gasteiger partial charge in [0.15, 0.2) is 0 Å². The number of anilines is 3. The molecule has 146 valence electrons. The fourth-order valence-electron chi connectivity index (χ4n) is 3.12. The van der Waals surface area contributed by atoms with Crippen molar-refractivity contribution in [2.24, 2.45) is 0 Å². The molecule has 0 spiro atoms. The summed E-state index contributed by atoms with van der Waals surface area (Å²) in [6.45, 7) is 2.45. The van der Waals surface area contributed by atoms with Crippen molar-refractivity contribution in [1.29, 1.82) is 0 Å². The van der Waals surface area contributed by atoms with E-state index in [0.29, 0.717) is 43.5 Å². The molecule has 3 amide bonds. The number of carbonyl (C=O) groups is 2. The second kappa shape index (κ2) is 7.71. The number of hydrogen-bond acceptors (Lipinski definition) is 6. The first-order valence-corrected chi connectivity index (χ1v) is 9.39. The molecule has 4 N–H and O–H groups in total. The lowest BCUT2D eigenvalue weighted by Crippen LogP contribution is -2.50. The standard InChI is InChI=1S/C19H23N7O2/c20-18-21-7-6-16(24-18)25-8-10-26(11-9-25)19(28)23-15-3-1-2-13(12-15)17(27)22-14-4-5-14/h1-3,6-7,12,14H,4-5,8-11H2,(H,22,27)(H,23,28)(H2,20,21,24). The fourth-order valence-corrected chi connectivity index (χ4v) is 3.12. The van der Waals surface area contributed by atoms with E-state index in [1.807, 2.05) is 6.07 Å². The van der Waals surface area contributed by atoms with E-state index >= 15 is 0 Å². The van der Waals surface area contributed by atoms with Crippen LogP contribution in [0.25, 0.3) is 0 Å². The van der Waals surface area contributed by atoms with Gasteiger partial charge in [-0.25, -0.2) is 9.78 Å². The van der Waals surface area contributed by atoms with E-state index in [4.69, 9.17) is 5.73 Å². The topological polar surface area (TPSA) is 116 Å². The molecule has 0 unspecified atom stereocenters. The third-order valence-electron chi connectivity index (χ3n) is 4.84. The number of nitrogens with one attached hydrogen (secondary N) is 2. The van der Waals surface area contributed by atoms with Gasteiger partial charge >= 0.3 is 6.03 Å². The average Bonchev–Trinajstić information content (AvgIpc) is 3.52. The number of hydrogen-bond donors (Lipinski definition) is 3. The third-order valence-corrected chi connectivity index (χ3v) is 4.84. The Morgan fingerprint density at radius 3 is 2.61 bits per heavy atom. The average molecular weight is 381 g/mol. The van der Waals surface area contributed by atoms with E-state index in [0.717, 1.165) is 18.7 Å². The molecular weight excluding hydrogens is 358 g/mol. The Morgan fingerprint density at radius 1 is 1.11 bits per heavy atom. The van der Waals surface area contributed by atoms with Gasteiger partial charge in [0.1, 0.15) is 5.82 Å². The summed E-state index contributed by atoms with van der Waals surface area (Å²) in [5.41, 5.74) is 6.80. The lowest BCUT2D eigenvalue weighted by Gasteiger charge is -2.35. The zero-order chi connectivity index (χ0) is 19.5. The summed E-state index contributed by atoms with van der Waals surface area (Å²) in [5.74, 6) is 0.904. The highest BCUT2D eigenvalue weighted by molar-refractivity contribution is 5.97. The van der Waals surface area contributed by atoms with Gasteiger partial charge in [-0.15, -0.1) is 0 Å². The highest BCUT2D eigenvalue weighted by Gasteiger charge is 2.24. The number of amides is 3. The number of aromatic nitrogens is 2. The number of urea groups is 1. The molecule has 2 aromatic rings. The molecule has 1 aliphatic heterocycles. The van der Waals surface area contributed by atoms with E-state index in [2.05, 4.69) is 25.5 Å². The molecule has 0 atom stereocenters. The van der Waals surface area contributed by atoms with Gasteiger partial charge in [0.2, 0.25) is 5.95 Å². The maximum atomic E-state index is 12.6. The van der Waals surface area contributed by atoms with Crippen LogP contribution in [0.4, 0.5) is 22.2 Å². The molecule has 1 aromatic heterocycles. The predicted octanol–water partition coefficient (Wildman–Crippen LogP) is 1.31. The van der Waals surface area contributed by atoms with Gasteiger partial charge in [0.05, 0.1) is 0 Å². The second-order valence-corrected chi connectivity index (χ2v) is 7.01. The van der Waals surface area contributed by atoms with Gasteiger partial charge < -0.3 is 26.2 Å². The monoisotopic (exact) mass is 381 g/mol. The molecule has 4 rings (SSSR count). The summed E-state index contributed by atoms with van der Waals surface area (Å²) < 4.78 is 0. The summed E-state index contributed by atoms with van der Waals surface area (Å²) in [6.07, 6.45) is 3.70. The van der Waals surface area contributed by atoms with Crippen molar-refractivity contribution in [1.82, 2.24) is 20.2 Å². The van der Waals surface area contributed by atoms with Crippen molar-refractivity contribution in [3.8, 4) is 0 Å². The van der Waals surface area contributed by atoms with Crippen LogP contribution >= 0.6 is 0 Å². The highest BCUT2D eigenvalue weighted by atomic mass is 16.2. The van der Waals surface area contributed by atoms with Gasteiger partial charge in [-0.2, -0.15) is 4.98 Å². The summed E-state index contributed by atoms with van der Waals surface area (Å²) in [4.78, 5) is 36.7. The minimum Gasteiger partial charge on any atom is -0.368 e. The maximum absolute atomic E-state index is 12.6. The largest absolute Gasteiger partial charge is 0.368 e. The third kappa shape index (κ3) is 4.30. The first kappa shape index (κ1) is 18.0. The SMILES string of the molecule is Nc1nccc(N2CCN(C(=O)Nc3cccc(C(=O)NC4CC4)c3)CC2)n1. The van der Waals surface area contributed by atoms with E-state index < -0.39 is 0 Å². The van der Waals surface area contributed by atoms with Crippen LogP contribution in [0.1, 0.15) is 23.2 Å². The molecule has 0 bridgehead atoms. The fraction of sp³-hybridized carbons (Fsp3) is 0.368. The number of carbonyl (C=O) groups excluding carboxylic acids is 2. The van der Waals surface area contributed by atoms with Crippen LogP contribution in [0.15, 0.2) is 36.5 Å².